The summed E-state index contributed by atoms with van der Waals surface area (Å²) in [5.74, 6) is -2.49. The Balaban J connectivity index is 1.47. The molecule has 0 unspecified atom stereocenters. The number of carbonyl (C=O) groups is 2. The summed E-state index contributed by atoms with van der Waals surface area (Å²) >= 11 is 0. The van der Waals surface area contributed by atoms with Gasteiger partial charge in [-0.2, -0.15) is 0 Å². The summed E-state index contributed by atoms with van der Waals surface area (Å²) < 4.78 is 0. The highest BCUT2D eigenvalue weighted by atomic mass is 16.3. The molecule has 4 atom stereocenters. The second-order valence-corrected chi connectivity index (χ2v) is 10.8. The van der Waals surface area contributed by atoms with Crippen LogP contribution in [0.5, 0.6) is 5.75 Å². The van der Waals surface area contributed by atoms with Gasteiger partial charge in [0.25, 0.3) is 0 Å². The van der Waals surface area contributed by atoms with Gasteiger partial charge in [0.15, 0.2) is 0 Å². The maximum absolute atomic E-state index is 13.3. The van der Waals surface area contributed by atoms with Crippen molar-refractivity contribution in [3.8, 4) is 5.75 Å². The summed E-state index contributed by atoms with van der Waals surface area (Å²) in [6.07, 6.45) is 4.16. The van der Waals surface area contributed by atoms with Crippen LogP contribution in [0.4, 0.5) is 0 Å². The lowest BCUT2D eigenvalue weighted by molar-refractivity contribution is -0.140. The molecule has 214 valence electrons. The van der Waals surface area contributed by atoms with Crippen LogP contribution in [0.1, 0.15) is 43.9 Å². The highest BCUT2D eigenvalue weighted by Gasteiger charge is 2.54. The van der Waals surface area contributed by atoms with Crippen molar-refractivity contribution >= 4 is 34.2 Å². The minimum Gasteiger partial charge on any atom is -0.507 e. The second kappa shape index (κ2) is 12.3. The lowest BCUT2D eigenvalue weighted by Crippen LogP contribution is -2.39. The van der Waals surface area contributed by atoms with Gasteiger partial charge in [-0.25, -0.2) is 0 Å². The number of allylic oxidation sites excluding steroid dienone is 1. The molecule has 1 aromatic heterocycles. The van der Waals surface area contributed by atoms with Crippen molar-refractivity contribution in [1.82, 2.24) is 9.88 Å². The van der Waals surface area contributed by atoms with Crippen LogP contribution in [0.3, 0.4) is 0 Å². The first-order chi connectivity index (χ1) is 19.9. The molecular formula is C33H36N2O6. The van der Waals surface area contributed by atoms with Crippen molar-refractivity contribution < 1.29 is 30.0 Å². The second-order valence-electron chi connectivity index (χ2n) is 10.8. The molecule has 3 aromatic rings. The fourth-order valence-electron chi connectivity index (χ4n) is 6.51. The minimum absolute atomic E-state index is 0.192. The summed E-state index contributed by atoms with van der Waals surface area (Å²) in [7, 11) is 0. The van der Waals surface area contributed by atoms with Crippen molar-refractivity contribution in [2.24, 2.45) is 17.8 Å². The zero-order valence-corrected chi connectivity index (χ0v) is 23.1. The molecule has 4 N–H and O–H groups in total. The topological polar surface area (TPSA) is 131 Å². The number of nitrogens with zero attached hydrogens (tertiary/aromatic N) is 2. The van der Waals surface area contributed by atoms with Gasteiger partial charge in [0.05, 0.1) is 36.8 Å². The molecule has 1 saturated heterocycles. The van der Waals surface area contributed by atoms with Gasteiger partial charge in [-0.3, -0.25) is 19.5 Å². The number of benzene rings is 2. The molecule has 2 aliphatic rings. The van der Waals surface area contributed by atoms with Gasteiger partial charge in [0, 0.05) is 24.0 Å². The number of amides is 2. The largest absolute Gasteiger partial charge is 0.507 e. The highest BCUT2D eigenvalue weighted by molar-refractivity contribution is 6.06. The summed E-state index contributed by atoms with van der Waals surface area (Å²) in [6.45, 7) is 1.45. The molecule has 5 rings (SSSR count). The lowest BCUT2D eigenvalue weighted by atomic mass is 9.68. The van der Waals surface area contributed by atoms with Crippen molar-refractivity contribution in [1.29, 1.82) is 0 Å². The smallest absolute Gasteiger partial charge is 0.233 e. The Labute approximate surface area is 239 Å². The minimum atomic E-state index is -1.04. The number of phenolic OH excluding ortho intramolecular Hbond substituents is 1. The number of hydrogen-bond acceptors (Lipinski definition) is 7. The van der Waals surface area contributed by atoms with Crippen molar-refractivity contribution in [2.75, 3.05) is 19.8 Å². The van der Waals surface area contributed by atoms with Gasteiger partial charge in [-0.05, 0) is 77.6 Å². The van der Waals surface area contributed by atoms with Gasteiger partial charge in [0.2, 0.25) is 11.8 Å². The highest BCUT2D eigenvalue weighted by Crippen LogP contribution is 2.46. The van der Waals surface area contributed by atoms with E-state index in [0.717, 1.165) is 27.6 Å². The Morgan fingerprint density at radius 1 is 1.05 bits per heavy atom. The zero-order chi connectivity index (χ0) is 29.1. The molecule has 1 aliphatic carbocycles. The van der Waals surface area contributed by atoms with Gasteiger partial charge in [-0.1, -0.05) is 43.3 Å². The van der Waals surface area contributed by atoms with Crippen LogP contribution in [-0.4, -0.2) is 68.0 Å². The number of aromatic hydroxyl groups is 1. The number of fused-ring (bicyclic) bond motifs is 2. The Bertz CT molecular complexity index is 1500. The number of aliphatic hydroxyl groups is 3. The van der Waals surface area contributed by atoms with Gasteiger partial charge >= 0.3 is 0 Å². The molecule has 41 heavy (non-hydrogen) atoms. The van der Waals surface area contributed by atoms with Crippen LogP contribution >= 0.6 is 0 Å². The molecule has 0 spiro atoms. The van der Waals surface area contributed by atoms with E-state index < -0.39 is 30.5 Å². The van der Waals surface area contributed by atoms with Crippen LogP contribution < -0.4 is 0 Å². The third-order valence-corrected chi connectivity index (χ3v) is 8.41. The van der Waals surface area contributed by atoms with E-state index in [4.69, 9.17) is 0 Å². The van der Waals surface area contributed by atoms with Gasteiger partial charge in [0.1, 0.15) is 5.75 Å². The number of pyridine rings is 1. The Kier molecular flexibility index (Phi) is 8.63. The first-order valence-electron chi connectivity index (χ1n) is 14.2. The van der Waals surface area contributed by atoms with E-state index in [-0.39, 0.29) is 37.0 Å². The maximum Gasteiger partial charge on any atom is 0.233 e. The molecular weight excluding hydrogens is 520 g/mol. The third-order valence-electron chi connectivity index (χ3n) is 8.41. The number of rotatable bonds is 10. The van der Waals surface area contributed by atoms with E-state index in [2.05, 4.69) is 4.98 Å². The predicted molar refractivity (Wildman–Crippen MR) is 156 cm³/mol. The average Bonchev–Trinajstić information content (AvgIpc) is 3.24. The lowest BCUT2D eigenvalue weighted by Gasteiger charge is -2.36. The van der Waals surface area contributed by atoms with Crippen LogP contribution in [-0.2, 0) is 9.59 Å². The molecule has 0 radical (unpaired) electrons. The molecule has 2 heterocycles. The number of hydrogen-bond donors (Lipinski definition) is 4. The molecule has 1 fully saturated rings. The summed E-state index contributed by atoms with van der Waals surface area (Å²) in [5, 5.41) is 44.1. The molecule has 1 aliphatic heterocycles. The fourth-order valence-corrected chi connectivity index (χ4v) is 6.51. The van der Waals surface area contributed by atoms with Crippen LogP contribution in [0.25, 0.3) is 22.4 Å². The number of likely N-dealkylation sites (tertiary alicyclic amines) is 1. The van der Waals surface area contributed by atoms with E-state index in [1.807, 2.05) is 61.5 Å². The number of aliphatic hydroxyl groups excluding tert-OH is 3. The number of imide groups is 1. The van der Waals surface area contributed by atoms with Crippen molar-refractivity contribution in [3.63, 3.8) is 0 Å². The molecule has 0 bridgehead atoms. The predicted octanol–water partition coefficient (Wildman–Crippen LogP) is 3.93. The first kappa shape index (κ1) is 28.7. The van der Waals surface area contributed by atoms with Crippen LogP contribution in [0.2, 0.25) is 0 Å². The fraction of sp³-hybridized carbons (Fsp3) is 0.364. The van der Waals surface area contributed by atoms with E-state index in [1.165, 1.54) is 4.90 Å². The summed E-state index contributed by atoms with van der Waals surface area (Å²) in [6, 6.07) is 16.7. The Morgan fingerprint density at radius 2 is 1.80 bits per heavy atom. The van der Waals surface area contributed by atoms with Gasteiger partial charge < -0.3 is 20.4 Å². The van der Waals surface area contributed by atoms with Crippen LogP contribution in [0.15, 0.2) is 71.9 Å². The first-order valence-corrected chi connectivity index (χ1v) is 14.2. The van der Waals surface area contributed by atoms with E-state index in [9.17, 15) is 30.0 Å². The van der Waals surface area contributed by atoms with E-state index >= 15 is 0 Å². The SMILES string of the molecule is CCCN1C(=O)[C@@H]2[C@@H](CC(CO)=C([C@H](O)CC/C(=C/c3ccc(O)c4ccccc34)c3ccccn3)[C@@H]2CO)C1=O. The maximum atomic E-state index is 13.3. The number of aromatic nitrogens is 1. The number of carbonyl (C=O) groups excluding carboxylic acids is 2. The third kappa shape index (κ3) is 5.43. The van der Waals surface area contributed by atoms with Gasteiger partial charge in [-0.15, -0.1) is 0 Å². The summed E-state index contributed by atoms with van der Waals surface area (Å²) in [5.41, 5.74) is 3.48. The molecule has 8 nitrogen and oxygen atoms in total. The zero-order valence-electron chi connectivity index (χ0n) is 23.1. The Hall–Kier alpha value is -3.85. The molecule has 2 aromatic carbocycles. The van der Waals surface area contributed by atoms with Crippen LogP contribution in [0, 0.1) is 17.8 Å². The van der Waals surface area contributed by atoms with Crippen molar-refractivity contribution in [2.45, 2.75) is 38.7 Å². The Morgan fingerprint density at radius 3 is 2.49 bits per heavy atom. The molecule has 8 heteroatoms. The standard InChI is InChI=1S/C33H36N2O6/c1-2-15-35-32(40)25-17-22(18-36)30(26(19-37)31(25)33(35)41)29(39)13-11-21(27-9-5-6-14-34-27)16-20-10-12-28(38)24-8-4-3-7-23(20)24/h3-10,12,14,16,25-26,29,31,36-39H,2,11,13,15,17-19H2,1H3/b21-16-/t25-,26+,29-,31-/m1/s1. The van der Waals surface area contributed by atoms with Crippen molar-refractivity contribution in [3.05, 3.63) is 83.2 Å². The molecule has 0 saturated carbocycles. The normalized spacial score (nSPS) is 22.0. The van der Waals surface area contributed by atoms with E-state index in [1.54, 1.807) is 12.3 Å². The average molecular weight is 557 g/mol. The monoisotopic (exact) mass is 556 g/mol. The number of phenols is 1. The summed E-state index contributed by atoms with van der Waals surface area (Å²) in [4.78, 5) is 32.1. The molecule has 2 amide bonds. The quantitative estimate of drug-likeness (QED) is 0.220. The van der Waals surface area contributed by atoms with E-state index in [0.29, 0.717) is 30.5 Å².